The highest BCUT2D eigenvalue weighted by molar-refractivity contribution is 5.66. The van der Waals surface area contributed by atoms with Crippen molar-refractivity contribution in [3.8, 4) is 34.1 Å². The first kappa shape index (κ1) is 55.9. The second-order valence-corrected chi connectivity index (χ2v) is 21.1. The minimum absolute atomic E-state index is 0.134. The Labute approximate surface area is 446 Å². The summed E-state index contributed by atoms with van der Waals surface area (Å²) in [6.07, 6.45) is 1.03. The Kier molecular flexibility index (Phi) is 19.3. The van der Waals surface area contributed by atoms with E-state index in [9.17, 15) is 0 Å². The van der Waals surface area contributed by atoms with E-state index in [1.54, 1.807) is 0 Å². The molecule has 0 aromatic heterocycles. The number of ether oxygens (including phenoxy) is 2. The molecule has 0 saturated carbocycles. The molecule has 0 N–H and O–H groups in total. The van der Waals surface area contributed by atoms with Crippen LogP contribution in [0.3, 0.4) is 0 Å². The van der Waals surface area contributed by atoms with Gasteiger partial charge in [-0.15, -0.1) is 0 Å². The summed E-state index contributed by atoms with van der Waals surface area (Å²) in [5.74, 6) is 3.37. The molecule has 2 nitrogen and oxygen atoms in total. The fourth-order valence-electron chi connectivity index (χ4n) is 8.54. The van der Waals surface area contributed by atoms with Gasteiger partial charge in [-0.05, 0) is 252 Å². The molecule has 0 unspecified atom stereocenters. The van der Waals surface area contributed by atoms with E-state index in [1.165, 1.54) is 111 Å². The third-order valence-electron chi connectivity index (χ3n) is 14.7. The zero-order valence-corrected chi connectivity index (χ0v) is 47.3. The van der Waals surface area contributed by atoms with E-state index in [-0.39, 0.29) is 5.41 Å². The van der Waals surface area contributed by atoms with E-state index in [0.717, 1.165) is 29.4 Å². The van der Waals surface area contributed by atoms with Gasteiger partial charge < -0.3 is 9.47 Å². The van der Waals surface area contributed by atoms with Gasteiger partial charge in [0.1, 0.15) is 23.0 Å². The highest BCUT2D eigenvalue weighted by Gasteiger charge is 2.23. The lowest BCUT2D eigenvalue weighted by Gasteiger charge is -2.26. The van der Waals surface area contributed by atoms with Crippen molar-refractivity contribution in [2.24, 2.45) is 0 Å². The number of benzene rings is 9. The molecular formula is C72H80O2. The van der Waals surface area contributed by atoms with E-state index in [4.69, 9.17) is 9.47 Å². The summed E-state index contributed by atoms with van der Waals surface area (Å²) in [5.41, 5.74) is 26.7. The lowest BCUT2D eigenvalue weighted by molar-refractivity contribution is 0.481. The van der Waals surface area contributed by atoms with Crippen LogP contribution >= 0.6 is 0 Å². The van der Waals surface area contributed by atoms with E-state index < -0.39 is 0 Å². The summed E-state index contributed by atoms with van der Waals surface area (Å²) in [6.45, 7) is 34.6. The van der Waals surface area contributed by atoms with Crippen LogP contribution in [0.5, 0.6) is 23.0 Å². The molecule has 0 radical (unpaired) electrons. The first-order valence-corrected chi connectivity index (χ1v) is 26.2. The minimum atomic E-state index is -0.134. The molecule has 0 amide bonds. The Balaban J connectivity index is 0.000000176. The molecule has 0 aliphatic heterocycles. The zero-order valence-electron chi connectivity index (χ0n) is 47.3. The molecule has 9 rings (SSSR count). The van der Waals surface area contributed by atoms with Crippen molar-refractivity contribution < 1.29 is 9.47 Å². The van der Waals surface area contributed by atoms with Gasteiger partial charge in [0.2, 0.25) is 0 Å². The smallest absolute Gasteiger partial charge is 0.127 e. The van der Waals surface area contributed by atoms with Gasteiger partial charge in [0.05, 0.1) is 0 Å². The Hall–Kier alpha value is -7.42. The first-order valence-electron chi connectivity index (χ1n) is 26.2. The predicted molar refractivity (Wildman–Crippen MR) is 318 cm³/mol. The van der Waals surface area contributed by atoms with Crippen LogP contribution in [-0.4, -0.2) is 0 Å². The predicted octanol–water partition coefficient (Wildman–Crippen LogP) is 20.2. The summed E-state index contributed by atoms with van der Waals surface area (Å²) < 4.78 is 11.9. The molecule has 0 heterocycles. The molecule has 0 spiro atoms. The molecule has 9 aromatic carbocycles. The molecule has 0 aliphatic rings. The van der Waals surface area contributed by atoms with Crippen LogP contribution in [-0.2, 0) is 11.8 Å². The van der Waals surface area contributed by atoms with Gasteiger partial charge in [0, 0.05) is 5.41 Å². The van der Waals surface area contributed by atoms with Crippen molar-refractivity contribution in [2.45, 2.75) is 123 Å². The summed E-state index contributed by atoms with van der Waals surface area (Å²) in [6, 6.07) is 64.2. The topological polar surface area (TPSA) is 18.5 Å². The van der Waals surface area contributed by atoms with Crippen molar-refractivity contribution in [3.63, 3.8) is 0 Å². The maximum absolute atomic E-state index is 5.97. The number of hydrogen-bond acceptors (Lipinski definition) is 2. The van der Waals surface area contributed by atoms with Crippen LogP contribution in [0.15, 0.2) is 182 Å². The standard InChI is InChI=1S/C29H28O2.C17H20.C16H18.C10H14/c1-21-5-13-25(14-6-21)30-27-17-9-23(10-18-27)29(3,4)24-11-19-28(20-12-24)31-26-15-7-22(2)8-16-26;1-12-5-7-16(9-14(12)3)11-17-8-6-13(2)15(4)10-17;1-11-5-7-15(9-13(11)3)16-8-6-12(2)14(4)10-16;1-7-5-9(3)10(4)6-8(7)2/h5-20H,1-4H3;5-10H,11H2,1-4H3;5-10H,1-4H3;5-6H,1-4H3. The third kappa shape index (κ3) is 15.8. The van der Waals surface area contributed by atoms with E-state index >= 15 is 0 Å². The minimum Gasteiger partial charge on any atom is -0.457 e. The Morgan fingerprint density at radius 2 is 0.514 bits per heavy atom. The van der Waals surface area contributed by atoms with Gasteiger partial charge in [-0.1, -0.05) is 158 Å². The van der Waals surface area contributed by atoms with Gasteiger partial charge in [0.15, 0.2) is 0 Å². The van der Waals surface area contributed by atoms with Crippen molar-refractivity contribution in [1.29, 1.82) is 0 Å². The average Bonchev–Trinajstić information content (AvgIpc) is 3.37. The number of aryl methyl sites for hydroxylation is 14. The van der Waals surface area contributed by atoms with Gasteiger partial charge in [-0.25, -0.2) is 0 Å². The monoisotopic (exact) mass is 977 g/mol. The quantitative estimate of drug-likeness (QED) is 0.143. The SMILES string of the molecule is Cc1cc(C)c(C)cc1C.Cc1ccc(-c2ccc(C)c(C)c2)cc1C.Cc1ccc(Cc2ccc(C)c(C)c2)cc1C.Cc1ccc(Oc2ccc(C(C)(C)c3ccc(Oc4ccc(C)cc4)cc3)cc2)cc1. The van der Waals surface area contributed by atoms with Crippen LogP contribution in [0, 0.1) is 96.9 Å². The van der Waals surface area contributed by atoms with Crippen LogP contribution in [0.4, 0.5) is 0 Å². The molecule has 74 heavy (non-hydrogen) atoms. The average molecular weight is 977 g/mol. The maximum Gasteiger partial charge on any atom is 0.127 e. The van der Waals surface area contributed by atoms with Crippen LogP contribution in [0.25, 0.3) is 11.1 Å². The zero-order chi connectivity index (χ0) is 53.7. The lowest BCUT2D eigenvalue weighted by atomic mass is 9.78. The molecule has 9 aromatic rings. The molecule has 0 aliphatic carbocycles. The molecule has 0 saturated heterocycles. The van der Waals surface area contributed by atoms with Crippen LogP contribution in [0.2, 0.25) is 0 Å². The second-order valence-electron chi connectivity index (χ2n) is 21.1. The van der Waals surface area contributed by atoms with E-state index in [1.807, 2.05) is 48.5 Å². The number of hydrogen-bond donors (Lipinski definition) is 0. The second kappa shape index (κ2) is 25.5. The Bertz CT molecular complexity index is 3020. The fourth-order valence-corrected chi connectivity index (χ4v) is 8.54. The molecule has 0 atom stereocenters. The van der Waals surface area contributed by atoms with Gasteiger partial charge in [-0.3, -0.25) is 0 Å². The molecule has 0 bridgehead atoms. The Morgan fingerprint density at radius 3 is 0.797 bits per heavy atom. The van der Waals surface area contributed by atoms with Crippen molar-refractivity contribution in [2.75, 3.05) is 0 Å². The van der Waals surface area contributed by atoms with Crippen molar-refractivity contribution >= 4 is 0 Å². The lowest BCUT2D eigenvalue weighted by Crippen LogP contribution is -2.18. The Morgan fingerprint density at radius 1 is 0.257 bits per heavy atom. The van der Waals surface area contributed by atoms with Gasteiger partial charge >= 0.3 is 0 Å². The van der Waals surface area contributed by atoms with Crippen molar-refractivity contribution in [3.05, 3.63) is 282 Å². The molecule has 0 fully saturated rings. The third-order valence-corrected chi connectivity index (χ3v) is 14.7. The molecular weight excluding hydrogens is 897 g/mol. The largest absolute Gasteiger partial charge is 0.457 e. The molecule has 380 valence electrons. The number of rotatable bonds is 9. The molecule has 2 heteroatoms. The summed E-state index contributed by atoms with van der Waals surface area (Å²) in [7, 11) is 0. The van der Waals surface area contributed by atoms with E-state index in [2.05, 4.69) is 244 Å². The first-order chi connectivity index (χ1) is 35.1. The summed E-state index contributed by atoms with van der Waals surface area (Å²) >= 11 is 0. The van der Waals surface area contributed by atoms with E-state index in [0.29, 0.717) is 0 Å². The maximum atomic E-state index is 5.97. The van der Waals surface area contributed by atoms with Gasteiger partial charge in [-0.2, -0.15) is 0 Å². The van der Waals surface area contributed by atoms with Crippen LogP contribution < -0.4 is 9.47 Å². The van der Waals surface area contributed by atoms with Crippen molar-refractivity contribution in [1.82, 2.24) is 0 Å². The fraction of sp³-hybridized carbons (Fsp3) is 0.250. The van der Waals surface area contributed by atoms with Crippen LogP contribution in [0.1, 0.15) is 114 Å². The van der Waals surface area contributed by atoms with Gasteiger partial charge in [0.25, 0.3) is 0 Å². The summed E-state index contributed by atoms with van der Waals surface area (Å²) in [5, 5.41) is 0. The highest BCUT2D eigenvalue weighted by atomic mass is 16.5. The highest BCUT2D eigenvalue weighted by Crippen LogP contribution is 2.35. The normalized spacial score (nSPS) is 10.8. The summed E-state index contributed by atoms with van der Waals surface area (Å²) in [4.78, 5) is 0.